The van der Waals surface area contributed by atoms with Crippen LogP contribution in [0.5, 0.6) is 0 Å². The average Bonchev–Trinajstić information content (AvgIpc) is 2.80. The van der Waals surface area contributed by atoms with Crippen LogP contribution in [-0.4, -0.2) is 66.0 Å². The Morgan fingerprint density at radius 1 is 0.897 bits per heavy atom. The number of hydrogen-bond donors (Lipinski definition) is 1. The first-order valence-electron chi connectivity index (χ1n) is 10.3. The first kappa shape index (κ1) is 19.2. The zero-order valence-corrected chi connectivity index (χ0v) is 16.5. The molecule has 2 saturated heterocycles. The molecule has 152 valence electrons. The number of pyridine rings is 1. The maximum absolute atomic E-state index is 13.1. The molecule has 0 spiro atoms. The first-order chi connectivity index (χ1) is 14.2. The maximum atomic E-state index is 13.1. The van der Waals surface area contributed by atoms with Crippen LogP contribution in [0.4, 0.5) is 16.3 Å². The molecule has 0 saturated carbocycles. The Morgan fingerprint density at radius 3 is 2.38 bits per heavy atom. The van der Waals surface area contributed by atoms with Gasteiger partial charge in [-0.25, -0.2) is 9.78 Å². The van der Waals surface area contributed by atoms with E-state index in [4.69, 9.17) is 0 Å². The summed E-state index contributed by atoms with van der Waals surface area (Å²) in [7, 11) is 0. The highest BCUT2D eigenvalue weighted by Gasteiger charge is 2.32. The highest BCUT2D eigenvalue weighted by molar-refractivity contribution is 5.90. The van der Waals surface area contributed by atoms with Gasteiger partial charge in [0.2, 0.25) is 5.91 Å². The smallest absolute Gasteiger partial charge is 0.321 e. The van der Waals surface area contributed by atoms with Crippen LogP contribution < -0.4 is 10.2 Å². The van der Waals surface area contributed by atoms with E-state index >= 15 is 0 Å². The fraction of sp³-hybridized carbons (Fsp3) is 0.409. The summed E-state index contributed by atoms with van der Waals surface area (Å²) in [5, 5.41) is 2.92. The Balaban J connectivity index is 1.30. The minimum Gasteiger partial charge on any atom is -0.353 e. The van der Waals surface area contributed by atoms with E-state index in [2.05, 4.69) is 15.2 Å². The molecule has 7 heteroatoms. The second kappa shape index (κ2) is 8.94. The summed E-state index contributed by atoms with van der Waals surface area (Å²) in [5.41, 5.74) is 0.775. The van der Waals surface area contributed by atoms with E-state index in [0.29, 0.717) is 26.2 Å². The van der Waals surface area contributed by atoms with E-state index in [1.54, 1.807) is 11.1 Å². The quantitative estimate of drug-likeness (QED) is 0.871. The molecule has 2 fully saturated rings. The molecule has 3 heterocycles. The highest BCUT2D eigenvalue weighted by atomic mass is 16.2. The van der Waals surface area contributed by atoms with Gasteiger partial charge in [-0.15, -0.1) is 0 Å². The first-order valence-corrected chi connectivity index (χ1v) is 10.3. The van der Waals surface area contributed by atoms with Crippen LogP contribution in [-0.2, 0) is 4.79 Å². The summed E-state index contributed by atoms with van der Waals surface area (Å²) in [6.45, 7) is 4.14. The fourth-order valence-electron chi connectivity index (χ4n) is 4.04. The largest absolute Gasteiger partial charge is 0.353 e. The van der Waals surface area contributed by atoms with Crippen LogP contribution in [0, 0.1) is 5.92 Å². The average molecular weight is 393 g/mol. The second-order valence-corrected chi connectivity index (χ2v) is 7.58. The van der Waals surface area contributed by atoms with Gasteiger partial charge in [-0.2, -0.15) is 0 Å². The van der Waals surface area contributed by atoms with Gasteiger partial charge in [-0.05, 0) is 37.1 Å². The Bertz CT molecular complexity index is 822. The number of nitrogens with zero attached hydrogens (tertiary/aromatic N) is 4. The van der Waals surface area contributed by atoms with E-state index < -0.39 is 0 Å². The van der Waals surface area contributed by atoms with E-state index in [1.807, 2.05) is 53.4 Å². The van der Waals surface area contributed by atoms with Crippen LogP contribution in [0.25, 0.3) is 0 Å². The molecule has 2 aliphatic rings. The zero-order chi connectivity index (χ0) is 20.1. The number of carbonyl (C=O) groups is 2. The molecule has 7 nitrogen and oxygen atoms in total. The van der Waals surface area contributed by atoms with Crippen molar-refractivity contribution in [3.05, 3.63) is 54.7 Å². The third kappa shape index (κ3) is 4.67. The maximum Gasteiger partial charge on any atom is 0.321 e. The number of nitrogens with one attached hydrogen (secondary N) is 1. The third-order valence-electron chi connectivity index (χ3n) is 5.65. The van der Waals surface area contributed by atoms with Crippen LogP contribution in [0.15, 0.2) is 54.7 Å². The number of hydrogen-bond acceptors (Lipinski definition) is 4. The third-order valence-corrected chi connectivity index (χ3v) is 5.65. The van der Waals surface area contributed by atoms with Crippen LogP contribution >= 0.6 is 0 Å². The molecule has 0 radical (unpaired) electrons. The SMILES string of the molecule is O=C(Nc1ccccc1)N1CCCC(C(=O)N2CCN(c3ccccn3)CC2)C1. The summed E-state index contributed by atoms with van der Waals surface area (Å²) in [4.78, 5) is 36.0. The van der Waals surface area contributed by atoms with Crippen molar-refractivity contribution < 1.29 is 9.59 Å². The predicted molar refractivity (Wildman–Crippen MR) is 113 cm³/mol. The number of para-hydroxylation sites is 1. The standard InChI is InChI=1S/C22H27N5O2/c28-21(26-15-13-25(14-16-26)20-10-4-5-11-23-20)18-7-6-12-27(17-18)22(29)24-19-8-2-1-3-9-19/h1-5,8-11,18H,6-7,12-17H2,(H,24,29). The summed E-state index contributed by atoms with van der Waals surface area (Å²) < 4.78 is 0. The van der Waals surface area contributed by atoms with Crippen molar-refractivity contribution in [2.24, 2.45) is 5.92 Å². The Labute approximate surface area is 171 Å². The van der Waals surface area contributed by atoms with Gasteiger partial charge in [0.15, 0.2) is 0 Å². The number of rotatable bonds is 3. The van der Waals surface area contributed by atoms with Gasteiger partial charge in [0, 0.05) is 51.2 Å². The molecule has 0 aliphatic carbocycles. The Kier molecular flexibility index (Phi) is 5.93. The molecular formula is C22H27N5O2. The number of carbonyl (C=O) groups excluding carboxylic acids is 2. The summed E-state index contributed by atoms with van der Waals surface area (Å²) in [6.07, 6.45) is 3.49. The van der Waals surface area contributed by atoms with Gasteiger partial charge < -0.3 is 20.0 Å². The topological polar surface area (TPSA) is 68.8 Å². The number of benzene rings is 1. The van der Waals surface area contributed by atoms with E-state index in [0.717, 1.165) is 37.4 Å². The predicted octanol–water partition coefficient (Wildman–Crippen LogP) is 2.67. The van der Waals surface area contributed by atoms with E-state index in [9.17, 15) is 9.59 Å². The monoisotopic (exact) mass is 393 g/mol. The van der Waals surface area contributed by atoms with Crippen LogP contribution in [0.1, 0.15) is 12.8 Å². The molecule has 29 heavy (non-hydrogen) atoms. The summed E-state index contributed by atoms with van der Waals surface area (Å²) in [5.74, 6) is 1.01. The van der Waals surface area contributed by atoms with Crippen molar-refractivity contribution in [2.75, 3.05) is 49.5 Å². The number of piperidine rings is 1. The number of likely N-dealkylation sites (tertiary alicyclic amines) is 1. The van der Waals surface area contributed by atoms with Crippen LogP contribution in [0.3, 0.4) is 0 Å². The van der Waals surface area contributed by atoms with E-state index in [1.165, 1.54) is 0 Å². The molecule has 2 aliphatic heterocycles. The minimum atomic E-state index is -0.131. The lowest BCUT2D eigenvalue weighted by atomic mass is 9.96. The molecule has 0 bridgehead atoms. The minimum absolute atomic E-state index is 0.119. The molecule has 1 atom stereocenters. The van der Waals surface area contributed by atoms with Crippen molar-refractivity contribution >= 4 is 23.4 Å². The van der Waals surface area contributed by atoms with Crippen LogP contribution in [0.2, 0.25) is 0 Å². The number of piperazine rings is 1. The second-order valence-electron chi connectivity index (χ2n) is 7.58. The van der Waals surface area contributed by atoms with Gasteiger partial charge in [-0.3, -0.25) is 4.79 Å². The Hall–Kier alpha value is -3.09. The normalized spacial score (nSPS) is 19.7. The van der Waals surface area contributed by atoms with Gasteiger partial charge >= 0.3 is 6.03 Å². The highest BCUT2D eigenvalue weighted by Crippen LogP contribution is 2.21. The lowest BCUT2D eigenvalue weighted by molar-refractivity contribution is -0.137. The van der Waals surface area contributed by atoms with Crippen molar-refractivity contribution in [3.8, 4) is 0 Å². The van der Waals surface area contributed by atoms with Crippen molar-refractivity contribution in [2.45, 2.75) is 12.8 Å². The fourth-order valence-corrected chi connectivity index (χ4v) is 4.04. The lowest BCUT2D eigenvalue weighted by Gasteiger charge is -2.39. The molecule has 1 aromatic carbocycles. The van der Waals surface area contributed by atoms with Gasteiger partial charge in [0.1, 0.15) is 5.82 Å². The van der Waals surface area contributed by atoms with Crippen molar-refractivity contribution in [1.29, 1.82) is 0 Å². The van der Waals surface area contributed by atoms with Gasteiger partial charge in [0.25, 0.3) is 0 Å². The van der Waals surface area contributed by atoms with Crippen molar-refractivity contribution in [1.82, 2.24) is 14.8 Å². The number of aromatic nitrogens is 1. The zero-order valence-electron chi connectivity index (χ0n) is 16.5. The van der Waals surface area contributed by atoms with E-state index in [-0.39, 0.29) is 17.9 Å². The number of amides is 3. The Morgan fingerprint density at radius 2 is 1.66 bits per heavy atom. The number of urea groups is 1. The number of anilines is 2. The molecule has 2 aromatic rings. The van der Waals surface area contributed by atoms with Gasteiger partial charge in [0.05, 0.1) is 5.92 Å². The molecule has 1 N–H and O–H groups in total. The summed E-state index contributed by atoms with van der Waals surface area (Å²) >= 11 is 0. The molecule has 1 aromatic heterocycles. The molecular weight excluding hydrogens is 366 g/mol. The molecule has 1 unspecified atom stereocenters. The molecule has 4 rings (SSSR count). The van der Waals surface area contributed by atoms with Gasteiger partial charge in [-0.1, -0.05) is 24.3 Å². The molecule has 3 amide bonds. The van der Waals surface area contributed by atoms with Crippen molar-refractivity contribution in [3.63, 3.8) is 0 Å². The summed E-state index contributed by atoms with van der Waals surface area (Å²) in [6, 6.07) is 15.2. The lowest BCUT2D eigenvalue weighted by Crippen LogP contribution is -2.53.